The molecule has 0 fully saturated rings. The van der Waals surface area contributed by atoms with Gasteiger partial charge in [-0.3, -0.25) is 4.68 Å². The van der Waals surface area contributed by atoms with E-state index in [-0.39, 0.29) is 17.8 Å². The van der Waals surface area contributed by atoms with Crippen LogP contribution >= 0.6 is 0 Å². The average molecular weight is 379 g/mol. The normalized spacial score (nSPS) is 14.1. The highest BCUT2D eigenvalue weighted by molar-refractivity contribution is 5.87. The molecule has 2 heterocycles. The molecule has 3 aromatic rings. The molecule has 144 valence electrons. The number of anilines is 2. The zero-order chi connectivity index (χ0) is 19.6. The molecular formula is C17H20F3N7. The van der Waals surface area contributed by atoms with E-state index in [9.17, 15) is 13.2 Å². The van der Waals surface area contributed by atoms with Crippen LogP contribution in [-0.2, 0) is 7.05 Å². The van der Waals surface area contributed by atoms with Crippen LogP contribution in [0.4, 0.5) is 24.9 Å². The lowest BCUT2D eigenvalue weighted by atomic mass is 10.1. The van der Waals surface area contributed by atoms with Crippen LogP contribution in [0.1, 0.15) is 18.5 Å². The van der Waals surface area contributed by atoms with E-state index in [1.165, 1.54) is 10.9 Å². The van der Waals surface area contributed by atoms with E-state index in [2.05, 4.69) is 25.7 Å². The molecule has 0 bridgehead atoms. The number of hydrogen-bond donors (Lipinski definition) is 3. The van der Waals surface area contributed by atoms with Gasteiger partial charge in [0.2, 0.25) is 5.95 Å². The number of hydrogen-bond acceptors (Lipinski definition) is 6. The minimum absolute atomic E-state index is 0.0636. The van der Waals surface area contributed by atoms with Gasteiger partial charge < -0.3 is 16.4 Å². The summed E-state index contributed by atoms with van der Waals surface area (Å²) < 4.78 is 40.2. The van der Waals surface area contributed by atoms with Gasteiger partial charge in [0.15, 0.2) is 5.65 Å². The maximum Gasteiger partial charge on any atom is 0.408 e. The van der Waals surface area contributed by atoms with Gasteiger partial charge in [-0.2, -0.15) is 28.2 Å². The first-order valence-electron chi connectivity index (χ1n) is 8.33. The van der Waals surface area contributed by atoms with Crippen molar-refractivity contribution >= 4 is 22.8 Å². The molecule has 0 radical (unpaired) electrons. The first-order chi connectivity index (χ1) is 12.8. The molecule has 2 unspecified atom stereocenters. The lowest BCUT2D eigenvalue weighted by Gasteiger charge is -2.19. The summed E-state index contributed by atoms with van der Waals surface area (Å²) in [6.07, 6.45) is -2.97. The van der Waals surface area contributed by atoms with Gasteiger partial charge in [0, 0.05) is 19.6 Å². The van der Waals surface area contributed by atoms with Crippen molar-refractivity contribution in [3.05, 3.63) is 42.1 Å². The Bertz CT molecular complexity index is 908. The second kappa shape index (κ2) is 7.39. The van der Waals surface area contributed by atoms with Gasteiger partial charge in [0.05, 0.1) is 11.6 Å². The molecule has 0 spiro atoms. The van der Waals surface area contributed by atoms with E-state index >= 15 is 0 Å². The molecule has 1 aromatic carbocycles. The highest BCUT2D eigenvalue weighted by Gasteiger charge is 2.36. The Morgan fingerprint density at radius 1 is 1.19 bits per heavy atom. The summed E-state index contributed by atoms with van der Waals surface area (Å²) in [5.74, 6) is 0.239. The number of aromatic nitrogens is 4. The van der Waals surface area contributed by atoms with Gasteiger partial charge >= 0.3 is 6.18 Å². The predicted octanol–water partition coefficient (Wildman–Crippen LogP) is 2.84. The van der Waals surface area contributed by atoms with Crippen molar-refractivity contribution in [2.75, 3.05) is 17.2 Å². The van der Waals surface area contributed by atoms with E-state index in [1.807, 2.05) is 30.3 Å². The monoisotopic (exact) mass is 379 g/mol. The average Bonchev–Trinajstić information content (AvgIpc) is 3.01. The molecule has 7 nitrogen and oxygen atoms in total. The van der Waals surface area contributed by atoms with Crippen molar-refractivity contribution in [2.24, 2.45) is 12.8 Å². The van der Waals surface area contributed by atoms with Gasteiger partial charge in [-0.25, -0.2) is 0 Å². The molecule has 0 saturated heterocycles. The molecule has 0 aliphatic heterocycles. The lowest BCUT2D eigenvalue weighted by Crippen LogP contribution is -2.33. The second-order valence-electron chi connectivity index (χ2n) is 6.21. The molecule has 2 atom stereocenters. The maximum atomic E-state index is 12.9. The fourth-order valence-electron chi connectivity index (χ4n) is 2.52. The summed E-state index contributed by atoms with van der Waals surface area (Å²) in [6.45, 7) is 1.35. The number of aryl methyl sites for hydroxylation is 1. The first-order valence-corrected chi connectivity index (χ1v) is 8.33. The third kappa shape index (κ3) is 4.27. The Kier molecular flexibility index (Phi) is 5.17. The standard InChI is InChI=1S/C17H20F3N7/c1-10(17(18,19)20)24-14-12-8-23-27(2)15(12)26-16(25-14)22-9-13(21)11-6-4-3-5-7-11/h3-8,10,13H,9,21H2,1-2H3,(H2,22,24,25,26). The third-order valence-corrected chi connectivity index (χ3v) is 4.14. The van der Waals surface area contributed by atoms with Gasteiger partial charge in [-0.05, 0) is 12.5 Å². The predicted molar refractivity (Wildman–Crippen MR) is 97.3 cm³/mol. The summed E-state index contributed by atoms with van der Waals surface area (Å²) in [5, 5.41) is 9.85. The number of nitrogens with zero attached hydrogens (tertiary/aromatic N) is 4. The van der Waals surface area contributed by atoms with Crippen LogP contribution in [0.3, 0.4) is 0 Å². The topological polar surface area (TPSA) is 93.7 Å². The maximum absolute atomic E-state index is 12.9. The molecule has 10 heteroatoms. The van der Waals surface area contributed by atoms with Crippen LogP contribution in [0.5, 0.6) is 0 Å². The van der Waals surface area contributed by atoms with Crippen molar-refractivity contribution in [3.8, 4) is 0 Å². The number of rotatable bonds is 6. The van der Waals surface area contributed by atoms with Gasteiger partial charge in [-0.1, -0.05) is 30.3 Å². The van der Waals surface area contributed by atoms with Crippen molar-refractivity contribution in [3.63, 3.8) is 0 Å². The fraction of sp³-hybridized carbons (Fsp3) is 0.353. The summed E-state index contributed by atoms with van der Waals surface area (Å²) in [6, 6.07) is 7.37. The largest absolute Gasteiger partial charge is 0.408 e. The minimum atomic E-state index is -4.40. The second-order valence-corrected chi connectivity index (χ2v) is 6.21. The van der Waals surface area contributed by atoms with Crippen molar-refractivity contribution in [1.82, 2.24) is 19.7 Å². The Labute approximate surface area is 153 Å². The van der Waals surface area contributed by atoms with Crippen LogP contribution < -0.4 is 16.4 Å². The molecular weight excluding hydrogens is 359 g/mol. The zero-order valence-electron chi connectivity index (χ0n) is 14.8. The van der Waals surface area contributed by atoms with Gasteiger partial charge in [0.1, 0.15) is 11.9 Å². The van der Waals surface area contributed by atoms with Crippen LogP contribution in [0.25, 0.3) is 11.0 Å². The molecule has 0 amide bonds. The summed E-state index contributed by atoms with van der Waals surface area (Å²) in [5.41, 5.74) is 7.48. The number of fused-ring (bicyclic) bond motifs is 1. The molecule has 4 N–H and O–H groups in total. The zero-order valence-corrected chi connectivity index (χ0v) is 14.8. The van der Waals surface area contributed by atoms with Crippen LogP contribution in [0.15, 0.2) is 36.5 Å². The SMILES string of the molecule is CC(Nc1nc(NCC(N)c2ccccc2)nc2c1cnn2C)C(F)(F)F. The summed E-state index contributed by atoms with van der Waals surface area (Å²) >= 11 is 0. The first kappa shape index (κ1) is 18.9. The van der Waals surface area contributed by atoms with Crippen molar-refractivity contribution in [1.29, 1.82) is 0 Å². The quantitative estimate of drug-likeness (QED) is 0.610. The fourth-order valence-corrected chi connectivity index (χ4v) is 2.52. The van der Waals surface area contributed by atoms with E-state index < -0.39 is 12.2 Å². The van der Waals surface area contributed by atoms with Crippen molar-refractivity contribution < 1.29 is 13.2 Å². The van der Waals surface area contributed by atoms with Crippen LogP contribution in [0.2, 0.25) is 0 Å². The minimum Gasteiger partial charge on any atom is -0.358 e. The number of alkyl halides is 3. The summed E-state index contributed by atoms with van der Waals surface area (Å²) in [4.78, 5) is 8.52. The molecule has 0 aliphatic carbocycles. The number of nitrogens with one attached hydrogen (secondary N) is 2. The lowest BCUT2D eigenvalue weighted by molar-refractivity contribution is -0.138. The number of benzene rings is 1. The molecule has 2 aromatic heterocycles. The Morgan fingerprint density at radius 3 is 2.56 bits per heavy atom. The Hall–Kier alpha value is -2.88. The molecule has 27 heavy (non-hydrogen) atoms. The van der Waals surface area contributed by atoms with Gasteiger partial charge in [-0.15, -0.1) is 0 Å². The van der Waals surface area contributed by atoms with E-state index in [4.69, 9.17) is 5.73 Å². The van der Waals surface area contributed by atoms with Crippen LogP contribution in [0, 0.1) is 0 Å². The highest BCUT2D eigenvalue weighted by Crippen LogP contribution is 2.27. The van der Waals surface area contributed by atoms with Crippen molar-refractivity contribution in [2.45, 2.75) is 25.2 Å². The molecule has 0 saturated carbocycles. The Balaban J connectivity index is 1.84. The van der Waals surface area contributed by atoms with Gasteiger partial charge in [0.25, 0.3) is 0 Å². The molecule has 3 rings (SSSR count). The van der Waals surface area contributed by atoms with E-state index in [0.29, 0.717) is 17.6 Å². The Morgan fingerprint density at radius 2 is 1.89 bits per heavy atom. The highest BCUT2D eigenvalue weighted by atomic mass is 19.4. The van der Waals surface area contributed by atoms with E-state index in [0.717, 1.165) is 12.5 Å². The number of nitrogens with two attached hydrogens (primary N) is 1. The smallest absolute Gasteiger partial charge is 0.358 e. The van der Waals surface area contributed by atoms with Crippen LogP contribution in [-0.4, -0.2) is 38.5 Å². The molecule has 0 aliphatic rings. The summed E-state index contributed by atoms with van der Waals surface area (Å²) in [7, 11) is 1.66. The number of halogens is 3. The third-order valence-electron chi connectivity index (χ3n) is 4.14. The van der Waals surface area contributed by atoms with E-state index in [1.54, 1.807) is 7.05 Å².